The normalized spacial score (nSPS) is 11.6. The van der Waals surface area contributed by atoms with E-state index in [1.165, 1.54) is 24.3 Å². The monoisotopic (exact) mass is 282 g/mol. The molecule has 4 nitrogen and oxygen atoms in total. The topological polar surface area (TPSA) is 77.8 Å². The fraction of sp³-hybridized carbons (Fsp3) is 0.231. The van der Waals surface area contributed by atoms with E-state index >= 15 is 0 Å². The lowest BCUT2D eigenvalue weighted by atomic mass is 10.1. The predicted molar refractivity (Wildman–Crippen MR) is 69.6 cm³/mol. The summed E-state index contributed by atoms with van der Waals surface area (Å²) >= 11 is 0. The van der Waals surface area contributed by atoms with Crippen LogP contribution in [0.4, 0.5) is 19.0 Å². The minimum Gasteiger partial charge on any atom is -0.384 e. The first kappa shape index (κ1) is 14.3. The molecule has 0 unspecified atom stereocenters. The van der Waals surface area contributed by atoms with E-state index in [0.29, 0.717) is 18.7 Å². The van der Waals surface area contributed by atoms with Crippen molar-refractivity contribution in [2.75, 3.05) is 12.3 Å². The number of aromatic nitrogens is 2. The number of rotatable bonds is 3. The second kappa shape index (κ2) is 5.46. The van der Waals surface area contributed by atoms with Crippen LogP contribution in [0.15, 0.2) is 30.3 Å². The van der Waals surface area contributed by atoms with Gasteiger partial charge in [-0.1, -0.05) is 18.2 Å². The molecule has 106 valence electrons. The van der Waals surface area contributed by atoms with Gasteiger partial charge in [0, 0.05) is 23.7 Å². The molecular formula is C13H13F3N4. The van der Waals surface area contributed by atoms with E-state index in [1.54, 1.807) is 0 Å². The standard InChI is InChI=1S/C13H13F3N4/c14-13(15,16)10-4-2-1-3-9(10)12-19-8(5-6-17)7-11(18)20-12/h1-4,7H,5-6,17H2,(H2,18,19,20). The number of nitrogens with two attached hydrogens (primary N) is 2. The van der Waals surface area contributed by atoms with Crippen molar-refractivity contribution < 1.29 is 13.2 Å². The first-order chi connectivity index (χ1) is 9.41. The molecule has 0 saturated carbocycles. The first-order valence-corrected chi connectivity index (χ1v) is 5.92. The van der Waals surface area contributed by atoms with Crippen molar-refractivity contribution in [2.45, 2.75) is 12.6 Å². The maximum Gasteiger partial charge on any atom is 0.417 e. The van der Waals surface area contributed by atoms with Crippen molar-refractivity contribution in [1.29, 1.82) is 0 Å². The fourth-order valence-electron chi connectivity index (χ4n) is 1.84. The lowest BCUT2D eigenvalue weighted by molar-refractivity contribution is -0.137. The summed E-state index contributed by atoms with van der Waals surface area (Å²) in [6, 6.07) is 6.64. The number of halogens is 3. The van der Waals surface area contributed by atoms with Gasteiger partial charge in [-0.25, -0.2) is 9.97 Å². The van der Waals surface area contributed by atoms with Gasteiger partial charge in [-0.15, -0.1) is 0 Å². The molecular weight excluding hydrogens is 269 g/mol. The van der Waals surface area contributed by atoms with Gasteiger partial charge >= 0.3 is 6.18 Å². The van der Waals surface area contributed by atoms with Crippen molar-refractivity contribution in [3.05, 3.63) is 41.6 Å². The smallest absolute Gasteiger partial charge is 0.384 e. The lowest BCUT2D eigenvalue weighted by Crippen LogP contribution is -2.10. The van der Waals surface area contributed by atoms with Gasteiger partial charge in [-0.05, 0) is 12.6 Å². The number of benzene rings is 1. The summed E-state index contributed by atoms with van der Waals surface area (Å²) in [7, 11) is 0. The summed E-state index contributed by atoms with van der Waals surface area (Å²) in [5, 5.41) is 0. The molecule has 20 heavy (non-hydrogen) atoms. The quantitative estimate of drug-likeness (QED) is 0.905. The molecule has 1 aromatic carbocycles. The highest BCUT2D eigenvalue weighted by Crippen LogP contribution is 2.35. The van der Waals surface area contributed by atoms with Crippen LogP contribution in [-0.2, 0) is 12.6 Å². The van der Waals surface area contributed by atoms with Crippen molar-refractivity contribution in [3.8, 4) is 11.4 Å². The minimum absolute atomic E-state index is 0.0404. The van der Waals surface area contributed by atoms with Crippen LogP contribution < -0.4 is 11.5 Å². The van der Waals surface area contributed by atoms with Crippen molar-refractivity contribution in [2.24, 2.45) is 5.73 Å². The zero-order chi connectivity index (χ0) is 14.8. The molecule has 0 spiro atoms. The zero-order valence-electron chi connectivity index (χ0n) is 10.5. The average Bonchev–Trinajstić information content (AvgIpc) is 2.37. The summed E-state index contributed by atoms with van der Waals surface area (Å²) < 4.78 is 38.9. The van der Waals surface area contributed by atoms with Gasteiger partial charge in [0.15, 0.2) is 5.82 Å². The van der Waals surface area contributed by atoms with Crippen molar-refractivity contribution in [1.82, 2.24) is 9.97 Å². The van der Waals surface area contributed by atoms with E-state index < -0.39 is 11.7 Å². The Kier molecular flexibility index (Phi) is 3.89. The van der Waals surface area contributed by atoms with E-state index in [1.807, 2.05) is 0 Å². The van der Waals surface area contributed by atoms with E-state index in [0.717, 1.165) is 6.07 Å². The van der Waals surface area contributed by atoms with Gasteiger partial charge in [0.25, 0.3) is 0 Å². The molecule has 0 amide bonds. The predicted octanol–water partition coefficient (Wildman–Crippen LogP) is 2.25. The van der Waals surface area contributed by atoms with Crippen molar-refractivity contribution in [3.63, 3.8) is 0 Å². The van der Waals surface area contributed by atoms with Crippen LogP contribution in [0.25, 0.3) is 11.4 Å². The van der Waals surface area contributed by atoms with Crippen LogP contribution in [0.5, 0.6) is 0 Å². The van der Waals surface area contributed by atoms with E-state index in [-0.39, 0.29) is 17.2 Å². The van der Waals surface area contributed by atoms with Crippen LogP contribution in [0.2, 0.25) is 0 Å². The van der Waals surface area contributed by atoms with Gasteiger partial charge < -0.3 is 11.5 Å². The van der Waals surface area contributed by atoms with Crippen LogP contribution in [0.1, 0.15) is 11.3 Å². The summed E-state index contributed by atoms with van der Waals surface area (Å²) in [4.78, 5) is 7.98. The maximum absolute atomic E-state index is 13.0. The number of hydrogen-bond acceptors (Lipinski definition) is 4. The Hall–Kier alpha value is -2.15. The molecule has 4 N–H and O–H groups in total. The van der Waals surface area contributed by atoms with Crippen LogP contribution in [0, 0.1) is 0 Å². The molecule has 0 aliphatic carbocycles. The largest absolute Gasteiger partial charge is 0.417 e. The summed E-state index contributed by atoms with van der Waals surface area (Å²) in [5.74, 6) is 0.0804. The molecule has 0 aliphatic rings. The highest BCUT2D eigenvalue weighted by atomic mass is 19.4. The fourth-order valence-corrected chi connectivity index (χ4v) is 1.84. The Bertz CT molecular complexity index is 611. The molecule has 0 saturated heterocycles. The summed E-state index contributed by atoms with van der Waals surface area (Å²) in [5.41, 5.74) is 10.7. The van der Waals surface area contributed by atoms with E-state index in [9.17, 15) is 13.2 Å². The second-order valence-electron chi connectivity index (χ2n) is 4.19. The number of nitrogen functional groups attached to an aromatic ring is 1. The Morgan fingerprint density at radius 3 is 2.45 bits per heavy atom. The molecule has 0 atom stereocenters. The minimum atomic E-state index is -4.47. The third-order valence-corrected chi connectivity index (χ3v) is 2.67. The first-order valence-electron chi connectivity index (χ1n) is 5.92. The summed E-state index contributed by atoms with van der Waals surface area (Å²) in [6.07, 6.45) is -4.05. The van der Waals surface area contributed by atoms with Gasteiger partial charge in [-0.3, -0.25) is 0 Å². The van der Waals surface area contributed by atoms with Gasteiger partial charge in [0.1, 0.15) is 5.82 Å². The second-order valence-corrected chi connectivity index (χ2v) is 4.19. The highest BCUT2D eigenvalue weighted by Gasteiger charge is 2.34. The van der Waals surface area contributed by atoms with E-state index in [2.05, 4.69) is 9.97 Å². The molecule has 7 heteroatoms. The lowest BCUT2D eigenvalue weighted by Gasteiger charge is -2.12. The third-order valence-electron chi connectivity index (χ3n) is 2.67. The van der Waals surface area contributed by atoms with Crippen LogP contribution >= 0.6 is 0 Å². The van der Waals surface area contributed by atoms with Crippen LogP contribution in [0.3, 0.4) is 0 Å². The van der Waals surface area contributed by atoms with E-state index in [4.69, 9.17) is 11.5 Å². The van der Waals surface area contributed by atoms with Gasteiger partial charge in [0.2, 0.25) is 0 Å². The maximum atomic E-state index is 13.0. The van der Waals surface area contributed by atoms with Crippen molar-refractivity contribution >= 4 is 5.82 Å². The van der Waals surface area contributed by atoms with Gasteiger partial charge in [0.05, 0.1) is 5.56 Å². The Balaban J connectivity index is 2.57. The molecule has 0 bridgehead atoms. The molecule has 0 radical (unpaired) electrons. The number of hydrogen-bond donors (Lipinski definition) is 2. The summed E-state index contributed by atoms with van der Waals surface area (Å²) in [6.45, 7) is 0.330. The average molecular weight is 282 g/mol. The Labute approximate surface area is 113 Å². The number of anilines is 1. The highest BCUT2D eigenvalue weighted by molar-refractivity contribution is 5.62. The Morgan fingerprint density at radius 1 is 1.10 bits per heavy atom. The Morgan fingerprint density at radius 2 is 1.80 bits per heavy atom. The number of nitrogens with zero attached hydrogens (tertiary/aromatic N) is 2. The molecule has 2 rings (SSSR count). The van der Waals surface area contributed by atoms with Gasteiger partial charge in [-0.2, -0.15) is 13.2 Å². The third kappa shape index (κ3) is 3.05. The zero-order valence-corrected chi connectivity index (χ0v) is 10.5. The molecule has 2 aromatic rings. The molecule has 1 aromatic heterocycles. The number of alkyl halides is 3. The molecule has 0 aliphatic heterocycles. The molecule has 0 fully saturated rings. The van der Waals surface area contributed by atoms with Crippen LogP contribution in [-0.4, -0.2) is 16.5 Å². The molecule has 1 heterocycles. The SMILES string of the molecule is NCCc1cc(N)nc(-c2ccccc2C(F)(F)F)n1.